The molecule has 2 heterocycles. The Morgan fingerprint density at radius 1 is 1.14 bits per heavy atom. The maximum Gasteiger partial charge on any atom is 0.168 e. The van der Waals surface area contributed by atoms with Crippen molar-refractivity contribution in [3.8, 4) is 17.1 Å². The molecule has 0 bridgehead atoms. The average molecular weight is 282 g/mol. The fourth-order valence-electron chi connectivity index (χ4n) is 2.34. The average Bonchev–Trinajstić information content (AvgIpc) is 2.86. The van der Waals surface area contributed by atoms with Crippen LogP contribution in [-0.2, 0) is 0 Å². The van der Waals surface area contributed by atoms with Gasteiger partial charge in [-0.25, -0.2) is 0 Å². The molecule has 21 heavy (non-hydrogen) atoms. The van der Waals surface area contributed by atoms with E-state index in [1.807, 2.05) is 61.6 Å². The standard InChI is InChI=1S/C16H18N4O/c1-10(2)21-14-8-7-12(9-13(14)17)16-19-18-15-6-4-5-11(3)20(15)16/h4-10H,17H2,1-3H3. The second kappa shape index (κ2) is 5.09. The molecule has 2 N–H and O–H groups in total. The summed E-state index contributed by atoms with van der Waals surface area (Å²) in [6, 6.07) is 11.6. The van der Waals surface area contributed by atoms with E-state index in [1.54, 1.807) is 0 Å². The zero-order valence-electron chi connectivity index (χ0n) is 12.4. The third kappa shape index (κ3) is 2.42. The highest BCUT2D eigenvalue weighted by molar-refractivity contribution is 5.68. The number of rotatable bonds is 3. The molecule has 1 aromatic carbocycles. The molecular weight excluding hydrogens is 264 g/mol. The summed E-state index contributed by atoms with van der Waals surface area (Å²) in [5.41, 5.74) is 9.50. The molecule has 3 aromatic rings. The van der Waals surface area contributed by atoms with E-state index >= 15 is 0 Å². The van der Waals surface area contributed by atoms with Gasteiger partial charge in [0.1, 0.15) is 5.75 Å². The summed E-state index contributed by atoms with van der Waals surface area (Å²) < 4.78 is 7.67. The Morgan fingerprint density at radius 3 is 2.67 bits per heavy atom. The van der Waals surface area contributed by atoms with Crippen LogP contribution in [0.25, 0.3) is 17.0 Å². The fraction of sp³-hybridized carbons (Fsp3) is 0.250. The van der Waals surface area contributed by atoms with Gasteiger partial charge in [-0.2, -0.15) is 0 Å². The first-order valence-corrected chi connectivity index (χ1v) is 6.93. The maximum atomic E-state index is 6.08. The van der Waals surface area contributed by atoms with Gasteiger partial charge in [-0.3, -0.25) is 4.40 Å². The van der Waals surface area contributed by atoms with Gasteiger partial charge in [0.05, 0.1) is 11.8 Å². The minimum atomic E-state index is 0.0920. The second-order valence-corrected chi connectivity index (χ2v) is 5.30. The first-order chi connectivity index (χ1) is 10.1. The number of aromatic nitrogens is 3. The molecule has 3 rings (SSSR count). The topological polar surface area (TPSA) is 65.4 Å². The Kier molecular flexibility index (Phi) is 3.25. The highest BCUT2D eigenvalue weighted by Gasteiger charge is 2.12. The maximum absolute atomic E-state index is 6.08. The van der Waals surface area contributed by atoms with Gasteiger partial charge in [-0.1, -0.05) is 6.07 Å². The van der Waals surface area contributed by atoms with E-state index in [2.05, 4.69) is 10.2 Å². The lowest BCUT2D eigenvalue weighted by atomic mass is 10.1. The predicted octanol–water partition coefficient (Wildman–Crippen LogP) is 3.07. The van der Waals surface area contributed by atoms with Crippen molar-refractivity contribution in [2.24, 2.45) is 0 Å². The number of fused-ring (bicyclic) bond motifs is 1. The molecule has 108 valence electrons. The van der Waals surface area contributed by atoms with E-state index in [4.69, 9.17) is 10.5 Å². The minimum Gasteiger partial charge on any atom is -0.489 e. The normalized spacial score (nSPS) is 11.2. The molecule has 0 atom stereocenters. The first-order valence-electron chi connectivity index (χ1n) is 6.93. The van der Waals surface area contributed by atoms with Gasteiger partial charge in [0.15, 0.2) is 11.5 Å². The van der Waals surface area contributed by atoms with E-state index in [1.165, 1.54) is 0 Å². The summed E-state index contributed by atoms with van der Waals surface area (Å²) in [5, 5.41) is 8.47. The lowest BCUT2D eigenvalue weighted by molar-refractivity contribution is 0.244. The van der Waals surface area contributed by atoms with E-state index in [0.29, 0.717) is 11.4 Å². The summed E-state index contributed by atoms with van der Waals surface area (Å²) in [7, 11) is 0. The van der Waals surface area contributed by atoms with Crippen LogP contribution < -0.4 is 10.5 Å². The van der Waals surface area contributed by atoms with Crippen LogP contribution in [0, 0.1) is 6.92 Å². The SMILES string of the molecule is Cc1cccc2nnc(-c3ccc(OC(C)C)c(N)c3)n12. The smallest absolute Gasteiger partial charge is 0.168 e. The largest absolute Gasteiger partial charge is 0.489 e. The van der Waals surface area contributed by atoms with E-state index in [0.717, 1.165) is 22.7 Å². The Hall–Kier alpha value is -2.56. The van der Waals surface area contributed by atoms with Crippen molar-refractivity contribution in [3.05, 3.63) is 42.1 Å². The summed E-state index contributed by atoms with van der Waals surface area (Å²) >= 11 is 0. The number of benzene rings is 1. The third-order valence-corrected chi connectivity index (χ3v) is 3.25. The summed E-state index contributed by atoms with van der Waals surface area (Å²) in [6.07, 6.45) is 0.0920. The van der Waals surface area contributed by atoms with Crippen LogP contribution in [0.4, 0.5) is 5.69 Å². The van der Waals surface area contributed by atoms with Crippen molar-refractivity contribution < 1.29 is 4.74 Å². The van der Waals surface area contributed by atoms with Gasteiger partial charge in [0, 0.05) is 11.3 Å². The van der Waals surface area contributed by atoms with Crippen LogP contribution in [0.5, 0.6) is 5.75 Å². The van der Waals surface area contributed by atoms with Crippen molar-refractivity contribution in [2.45, 2.75) is 26.9 Å². The number of nitrogens with two attached hydrogens (primary N) is 1. The van der Waals surface area contributed by atoms with E-state index < -0.39 is 0 Å². The van der Waals surface area contributed by atoms with Crippen LogP contribution >= 0.6 is 0 Å². The number of hydrogen-bond donors (Lipinski definition) is 1. The van der Waals surface area contributed by atoms with Gasteiger partial charge in [0.2, 0.25) is 0 Å². The molecule has 0 fully saturated rings. The molecule has 0 aliphatic rings. The van der Waals surface area contributed by atoms with Gasteiger partial charge in [-0.15, -0.1) is 10.2 Å². The quantitative estimate of drug-likeness (QED) is 0.750. The Bertz CT molecular complexity index is 792. The highest BCUT2D eigenvalue weighted by atomic mass is 16.5. The number of pyridine rings is 1. The number of anilines is 1. The van der Waals surface area contributed by atoms with Crippen molar-refractivity contribution in [2.75, 3.05) is 5.73 Å². The predicted molar refractivity (Wildman–Crippen MR) is 83.3 cm³/mol. The summed E-state index contributed by atoms with van der Waals surface area (Å²) in [4.78, 5) is 0. The van der Waals surface area contributed by atoms with Crippen molar-refractivity contribution in [1.29, 1.82) is 0 Å². The number of aryl methyl sites for hydroxylation is 1. The van der Waals surface area contributed by atoms with Gasteiger partial charge >= 0.3 is 0 Å². The summed E-state index contributed by atoms with van der Waals surface area (Å²) in [5.74, 6) is 1.48. The first kappa shape index (κ1) is 13.4. The number of nitrogens with zero attached hydrogens (tertiary/aromatic N) is 3. The third-order valence-electron chi connectivity index (χ3n) is 3.25. The van der Waals surface area contributed by atoms with Crippen LogP contribution in [0.3, 0.4) is 0 Å². The van der Waals surface area contributed by atoms with Crippen molar-refractivity contribution >= 4 is 11.3 Å². The molecule has 0 aliphatic carbocycles. The van der Waals surface area contributed by atoms with Gasteiger partial charge in [-0.05, 0) is 51.1 Å². The molecule has 0 amide bonds. The zero-order chi connectivity index (χ0) is 15.0. The lowest BCUT2D eigenvalue weighted by Crippen LogP contribution is -2.07. The monoisotopic (exact) mass is 282 g/mol. The van der Waals surface area contributed by atoms with Crippen LogP contribution in [0.1, 0.15) is 19.5 Å². The molecular formula is C16H18N4O. The van der Waals surface area contributed by atoms with Crippen LogP contribution in [0.15, 0.2) is 36.4 Å². The molecule has 0 spiro atoms. The number of hydrogen-bond acceptors (Lipinski definition) is 4. The van der Waals surface area contributed by atoms with Crippen LogP contribution in [-0.4, -0.2) is 20.7 Å². The molecule has 0 radical (unpaired) electrons. The molecule has 0 saturated heterocycles. The molecule has 5 heteroatoms. The van der Waals surface area contributed by atoms with E-state index in [9.17, 15) is 0 Å². The molecule has 5 nitrogen and oxygen atoms in total. The Morgan fingerprint density at radius 2 is 1.95 bits per heavy atom. The highest BCUT2D eigenvalue weighted by Crippen LogP contribution is 2.29. The van der Waals surface area contributed by atoms with Crippen molar-refractivity contribution in [3.63, 3.8) is 0 Å². The minimum absolute atomic E-state index is 0.0920. The van der Waals surface area contributed by atoms with Gasteiger partial charge < -0.3 is 10.5 Å². The zero-order valence-corrected chi connectivity index (χ0v) is 12.4. The molecule has 0 saturated carbocycles. The fourth-order valence-corrected chi connectivity index (χ4v) is 2.34. The van der Waals surface area contributed by atoms with E-state index in [-0.39, 0.29) is 6.10 Å². The molecule has 0 aliphatic heterocycles. The second-order valence-electron chi connectivity index (χ2n) is 5.30. The number of nitrogen functional groups attached to an aromatic ring is 1. The summed E-state index contributed by atoms with van der Waals surface area (Å²) in [6.45, 7) is 5.98. The number of ether oxygens (including phenoxy) is 1. The Labute approximate surface area is 123 Å². The van der Waals surface area contributed by atoms with Crippen LogP contribution in [0.2, 0.25) is 0 Å². The Balaban J connectivity index is 2.09. The molecule has 0 unspecified atom stereocenters. The van der Waals surface area contributed by atoms with Gasteiger partial charge in [0.25, 0.3) is 0 Å². The molecule has 2 aromatic heterocycles. The van der Waals surface area contributed by atoms with Crippen molar-refractivity contribution in [1.82, 2.24) is 14.6 Å². The lowest BCUT2D eigenvalue weighted by Gasteiger charge is -2.13.